The number of aryl methyl sites for hydroxylation is 1. The lowest BCUT2D eigenvalue weighted by Gasteiger charge is -2.11. The van der Waals surface area contributed by atoms with Crippen molar-refractivity contribution in [1.29, 1.82) is 0 Å². The predicted molar refractivity (Wildman–Crippen MR) is 121 cm³/mol. The molecule has 0 aliphatic rings. The van der Waals surface area contributed by atoms with Crippen molar-refractivity contribution in [3.63, 3.8) is 0 Å². The maximum atomic E-state index is 12.5. The summed E-state index contributed by atoms with van der Waals surface area (Å²) in [6, 6.07) is 18.7. The number of carbonyl (C=O) groups excluding carboxylic acids is 2. The number of Topliss-reactive ketones (excluding diaryl/α,β-unsaturated/α-hetero) is 1. The molecule has 8 heteroatoms. The van der Waals surface area contributed by atoms with Gasteiger partial charge in [-0.1, -0.05) is 35.5 Å². The second-order valence-corrected chi connectivity index (χ2v) is 7.96. The van der Waals surface area contributed by atoms with Crippen LogP contribution in [0.25, 0.3) is 11.4 Å². The van der Waals surface area contributed by atoms with Crippen molar-refractivity contribution in [3.05, 3.63) is 84.2 Å². The Balaban J connectivity index is 1.52. The molecule has 2 aromatic carbocycles. The zero-order valence-corrected chi connectivity index (χ0v) is 18.0. The lowest BCUT2D eigenvalue weighted by atomic mass is 10.1. The molecule has 4 rings (SSSR count). The first-order chi connectivity index (χ1) is 15.0. The molecule has 31 heavy (non-hydrogen) atoms. The number of benzene rings is 2. The number of amides is 1. The minimum atomic E-state index is -0.167. The second kappa shape index (κ2) is 9.01. The van der Waals surface area contributed by atoms with Crippen LogP contribution >= 0.6 is 11.8 Å². The average Bonchev–Trinajstić information content (AvgIpc) is 3.42. The minimum absolute atomic E-state index is 0.0119. The SMILES string of the molecule is CC(=O)c1ccc(NC(=O)CSc2nnc(-c3cccc(C)c3)n2-n2cccc2)cc1. The summed E-state index contributed by atoms with van der Waals surface area (Å²) in [6.45, 7) is 3.54. The van der Waals surface area contributed by atoms with Gasteiger partial charge in [0.25, 0.3) is 0 Å². The van der Waals surface area contributed by atoms with Gasteiger partial charge < -0.3 is 5.32 Å². The summed E-state index contributed by atoms with van der Waals surface area (Å²) in [6.07, 6.45) is 3.81. The minimum Gasteiger partial charge on any atom is -0.325 e. The van der Waals surface area contributed by atoms with Crippen LogP contribution in [0, 0.1) is 6.92 Å². The number of aromatic nitrogens is 4. The van der Waals surface area contributed by atoms with E-state index in [4.69, 9.17) is 0 Å². The van der Waals surface area contributed by atoms with E-state index in [0.29, 0.717) is 22.2 Å². The number of hydrogen-bond acceptors (Lipinski definition) is 5. The van der Waals surface area contributed by atoms with Gasteiger partial charge in [0.2, 0.25) is 11.1 Å². The number of nitrogens with zero attached hydrogens (tertiary/aromatic N) is 4. The summed E-state index contributed by atoms with van der Waals surface area (Å²) >= 11 is 1.30. The van der Waals surface area contributed by atoms with Crippen molar-refractivity contribution in [2.45, 2.75) is 19.0 Å². The van der Waals surface area contributed by atoms with Crippen molar-refractivity contribution in [2.24, 2.45) is 0 Å². The molecule has 0 unspecified atom stereocenters. The van der Waals surface area contributed by atoms with Crippen LogP contribution < -0.4 is 5.32 Å². The Morgan fingerprint density at radius 3 is 2.42 bits per heavy atom. The van der Waals surface area contributed by atoms with Crippen LogP contribution in [0.4, 0.5) is 5.69 Å². The fourth-order valence-corrected chi connectivity index (χ4v) is 3.84. The van der Waals surface area contributed by atoms with E-state index in [0.717, 1.165) is 11.1 Å². The Labute approximate surface area is 184 Å². The largest absolute Gasteiger partial charge is 0.325 e. The van der Waals surface area contributed by atoms with Crippen molar-refractivity contribution in [1.82, 2.24) is 19.5 Å². The highest BCUT2D eigenvalue weighted by Crippen LogP contribution is 2.25. The lowest BCUT2D eigenvalue weighted by molar-refractivity contribution is -0.113. The Morgan fingerprint density at radius 2 is 1.74 bits per heavy atom. The highest BCUT2D eigenvalue weighted by molar-refractivity contribution is 7.99. The number of rotatable bonds is 7. The fraction of sp³-hybridized carbons (Fsp3) is 0.130. The second-order valence-electron chi connectivity index (χ2n) is 7.02. The monoisotopic (exact) mass is 431 g/mol. The molecule has 0 bridgehead atoms. The quantitative estimate of drug-likeness (QED) is 0.349. The van der Waals surface area contributed by atoms with Crippen molar-refractivity contribution < 1.29 is 9.59 Å². The van der Waals surface area contributed by atoms with Crippen LogP contribution in [0.3, 0.4) is 0 Å². The van der Waals surface area contributed by atoms with Crippen molar-refractivity contribution >= 4 is 29.1 Å². The summed E-state index contributed by atoms with van der Waals surface area (Å²) in [7, 11) is 0. The highest BCUT2D eigenvalue weighted by Gasteiger charge is 2.17. The maximum Gasteiger partial charge on any atom is 0.234 e. The zero-order chi connectivity index (χ0) is 21.8. The van der Waals surface area contributed by atoms with Gasteiger partial charge in [-0.25, -0.2) is 4.68 Å². The topological polar surface area (TPSA) is 81.8 Å². The van der Waals surface area contributed by atoms with Crippen LogP contribution in [-0.2, 0) is 4.79 Å². The fourth-order valence-electron chi connectivity index (χ4n) is 3.10. The Kier molecular flexibility index (Phi) is 5.99. The van der Waals surface area contributed by atoms with Crippen LogP contribution in [-0.4, -0.2) is 37.0 Å². The summed E-state index contributed by atoms with van der Waals surface area (Å²) < 4.78 is 3.77. The molecule has 0 aliphatic carbocycles. The van der Waals surface area contributed by atoms with E-state index < -0.39 is 0 Å². The number of anilines is 1. The summed E-state index contributed by atoms with van der Waals surface area (Å²) in [5.41, 5.74) is 3.32. The Morgan fingerprint density at radius 1 is 1.00 bits per heavy atom. The molecule has 7 nitrogen and oxygen atoms in total. The molecule has 0 radical (unpaired) electrons. The third-order valence-corrected chi connectivity index (χ3v) is 5.53. The van der Waals surface area contributed by atoms with Crippen LogP contribution in [0.1, 0.15) is 22.8 Å². The predicted octanol–water partition coefficient (Wildman–Crippen LogP) is 4.30. The molecule has 0 atom stereocenters. The van der Waals surface area contributed by atoms with Gasteiger partial charge in [0.1, 0.15) is 0 Å². The van der Waals surface area contributed by atoms with Gasteiger partial charge >= 0.3 is 0 Å². The maximum absolute atomic E-state index is 12.5. The normalized spacial score (nSPS) is 10.8. The van der Waals surface area contributed by atoms with E-state index in [1.807, 2.05) is 59.0 Å². The van der Waals surface area contributed by atoms with E-state index in [1.54, 1.807) is 24.3 Å². The van der Waals surface area contributed by atoms with Crippen molar-refractivity contribution in [2.75, 3.05) is 11.1 Å². The van der Waals surface area contributed by atoms with E-state index in [2.05, 4.69) is 21.6 Å². The Bertz CT molecular complexity index is 1210. The summed E-state index contributed by atoms with van der Waals surface area (Å²) in [5, 5.41) is 12.2. The summed E-state index contributed by atoms with van der Waals surface area (Å²) in [4.78, 5) is 23.8. The van der Waals surface area contributed by atoms with E-state index in [1.165, 1.54) is 18.7 Å². The summed E-state index contributed by atoms with van der Waals surface area (Å²) in [5.74, 6) is 0.686. The van der Waals surface area contributed by atoms with Crippen LogP contribution in [0.5, 0.6) is 0 Å². The number of ketones is 1. The standard InChI is InChI=1S/C23H21N5O2S/c1-16-6-5-7-19(14-16)22-25-26-23(28(22)27-12-3-4-13-27)31-15-21(30)24-20-10-8-18(9-11-20)17(2)29/h3-14H,15H2,1-2H3,(H,24,30). The molecule has 2 heterocycles. The molecule has 0 saturated heterocycles. The highest BCUT2D eigenvalue weighted by atomic mass is 32.2. The molecule has 1 amide bonds. The van der Waals surface area contributed by atoms with Gasteiger partial charge in [0, 0.05) is 29.2 Å². The molecule has 0 spiro atoms. The van der Waals surface area contributed by atoms with E-state index >= 15 is 0 Å². The van der Waals surface area contributed by atoms with Gasteiger partial charge in [-0.05, 0) is 56.3 Å². The number of hydrogen-bond donors (Lipinski definition) is 1. The van der Waals surface area contributed by atoms with Gasteiger partial charge in [-0.15, -0.1) is 10.2 Å². The smallest absolute Gasteiger partial charge is 0.234 e. The van der Waals surface area contributed by atoms with Crippen LogP contribution in [0.15, 0.2) is 78.2 Å². The van der Waals surface area contributed by atoms with E-state index in [-0.39, 0.29) is 17.4 Å². The molecule has 0 aliphatic heterocycles. The molecule has 0 saturated carbocycles. The number of nitrogens with one attached hydrogen (secondary N) is 1. The Hall–Kier alpha value is -3.65. The third-order valence-electron chi connectivity index (χ3n) is 4.62. The molecule has 156 valence electrons. The molecule has 4 aromatic rings. The third kappa shape index (κ3) is 4.75. The van der Waals surface area contributed by atoms with Gasteiger partial charge in [-0.3, -0.25) is 14.3 Å². The molecular formula is C23H21N5O2S. The molecule has 0 fully saturated rings. The lowest BCUT2D eigenvalue weighted by Crippen LogP contribution is -2.16. The first-order valence-corrected chi connectivity index (χ1v) is 10.7. The van der Waals surface area contributed by atoms with E-state index in [9.17, 15) is 9.59 Å². The average molecular weight is 432 g/mol. The number of thioether (sulfide) groups is 1. The first kappa shape index (κ1) is 20.6. The van der Waals surface area contributed by atoms with Crippen LogP contribution in [0.2, 0.25) is 0 Å². The zero-order valence-electron chi connectivity index (χ0n) is 17.1. The molecule has 2 aromatic heterocycles. The van der Waals surface area contributed by atoms with Gasteiger partial charge in [-0.2, -0.15) is 0 Å². The molecule has 1 N–H and O–H groups in total. The van der Waals surface area contributed by atoms with Gasteiger partial charge in [0.15, 0.2) is 11.6 Å². The van der Waals surface area contributed by atoms with Crippen molar-refractivity contribution in [3.8, 4) is 11.4 Å². The first-order valence-electron chi connectivity index (χ1n) is 9.71. The molecular weight excluding hydrogens is 410 g/mol. The number of carbonyl (C=O) groups is 2. The van der Waals surface area contributed by atoms with Gasteiger partial charge in [0.05, 0.1) is 5.75 Å².